The third kappa shape index (κ3) is 3.42. The molecule has 0 aromatic heterocycles. The zero-order valence-electron chi connectivity index (χ0n) is 12.8. The van der Waals surface area contributed by atoms with E-state index in [4.69, 9.17) is 5.11 Å². The zero-order chi connectivity index (χ0) is 16.2. The van der Waals surface area contributed by atoms with Gasteiger partial charge in [-0.25, -0.2) is 4.79 Å². The molecule has 1 saturated heterocycles. The SMILES string of the molecule is O=C(O)c1cccc(C(=O)N2CCCC2Cc2ccccc2)c1. The van der Waals surface area contributed by atoms with Crippen LogP contribution in [-0.4, -0.2) is 34.5 Å². The van der Waals surface area contributed by atoms with Gasteiger partial charge in [-0.1, -0.05) is 36.4 Å². The Kier molecular flexibility index (Phi) is 4.42. The molecule has 118 valence electrons. The van der Waals surface area contributed by atoms with Crippen molar-refractivity contribution in [1.29, 1.82) is 0 Å². The maximum absolute atomic E-state index is 12.8. The Hall–Kier alpha value is -2.62. The van der Waals surface area contributed by atoms with Crippen LogP contribution < -0.4 is 0 Å². The van der Waals surface area contributed by atoms with Crippen molar-refractivity contribution < 1.29 is 14.7 Å². The average molecular weight is 309 g/mol. The molecule has 0 aliphatic carbocycles. The Morgan fingerprint density at radius 2 is 1.78 bits per heavy atom. The fourth-order valence-electron chi connectivity index (χ4n) is 3.15. The van der Waals surface area contributed by atoms with Gasteiger partial charge in [0, 0.05) is 18.2 Å². The molecule has 1 aliphatic heterocycles. The molecule has 4 heteroatoms. The monoisotopic (exact) mass is 309 g/mol. The summed E-state index contributed by atoms with van der Waals surface area (Å²) in [6.45, 7) is 0.730. The van der Waals surface area contributed by atoms with Crippen molar-refractivity contribution in [2.24, 2.45) is 0 Å². The largest absolute Gasteiger partial charge is 0.478 e. The number of likely N-dealkylation sites (tertiary alicyclic amines) is 1. The second-order valence-corrected chi connectivity index (χ2v) is 5.87. The van der Waals surface area contributed by atoms with E-state index in [1.807, 2.05) is 23.1 Å². The van der Waals surface area contributed by atoms with Crippen molar-refractivity contribution in [2.75, 3.05) is 6.54 Å². The average Bonchev–Trinajstić information content (AvgIpc) is 3.03. The van der Waals surface area contributed by atoms with Crippen LogP contribution in [0.15, 0.2) is 54.6 Å². The lowest BCUT2D eigenvalue weighted by Crippen LogP contribution is -2.36. The van der Waals surface area contributed by atoms with Gasteiger partial charge in [0.15, 0.2) is 0 Å². The highest BCUT2D eigenvalue weighted by molar-refractivity contribution is 5.97. The number of hydrogen-bond acceptors (Lipinski definition) is 2. The molecule has 0 spiro atoms. The summed E-state index contributed by atoms with van der Waals surface area (Å²) in [5.74, 6) is -1.09. The number of hydrogen-bond donors (Lipinski definition) is 1. The zero-order valence-corrected chi connectivity index (χ0v) is 12.8. The van der Waals surface area contributed by atoms with Crippen molar-refractivity contribution in [3.8, 4) is 0 Å². The third-order valence-electron chi connectivity index (χ3n) is 4.31. The van der Waals surface area contributed by atoms with E-state index < -0.39 is 5.97 Å². The number of rotatable bonds is 4. The molecule has 2 aromatic rings. The first-order valence-electron chi connectivity index (χ1n) is 7.83. The first-order chi connectivity index (χ1) is 11.1. The quantitative estimate of drug-likeness (QED) is 0.943. The Morgan fingerprint density at radius 1 is 1.04 bits per heavy atom. The molecule has 1 N–H and O–H groups in total. The van der Waals surface area contributed by atoms with Crippen molar-refractivity contribution in [1.82, 2.24) is 4.90 Å². The van der Waals surface area contributed by atoms with Gasteiger partial charge >= 0.3 is 5.97 Å². The molecule has 4 nitrogen and oxygen atoms in total. The topological polar surface area (TPSA) is 57.6 Å². The minimum absolute atomic E-state index is 0.0773. The molecule has 1 fully saturated rings. The van der Waals surface area contributed by atoms with E-state index in [1.165, 1.54) is 17.7 Å². The number of carbonyl (C=O) groups is 2. The molecule has 1 atom stereocenters. The Bertz CT molecular complexity index is 712. The predicted molar refractivity (Wildman–Crippen MR) is 87.6 cm³/mol. The molecular formula is C19H19NO3. The number of carbonyl (C=O) groups excluding carboxylic acids is 1. The first kappa shape index (κ1) is 15.3. The van der Waals surface area contributed by atoms with Crippen molar-refractivity contribution >= 4 is 11.9 Å². The lowest BCUT2D eigenvalue weighted by molar-refractivity contribution is 0.0697. The normalized spacial score (nSPS) is 17.2. The fourth-order valence-corrected chi connectivity index (χ4v) is 3.15. The molecular weight excluding hydrogens is 290 g/mol. The van der Waals surface area contributed by atoms with Crippen LogP contribution in [0.5, 0.6) is 0 Å². The molecule has 2 aromatic carbocycles. The van der Waals surface area contributed by atoms with E-state index >= 15 is 0 Å². The highest BCUT2D eigenvalue weighted by Gasteiger charge is 2.29. The van der Waals surface area contributed by atoms with Crippen LogP contribution in [0.1, 0.15) is 39.1 Å². The summed E-state index contributed by atoms with van der Waals surface area (Å²) in [7, 11) is 0. The highest BCUT2D eigenvalue weighted by atomic mass is 16.4. The number of carboxylic acids is 1. The maximum atomic E-state index is 12.8. The molecule has 1 amide bonds. The van der Waals surface area contributed by atoms with Crippen LogP contribution in [0.2, 0.25) is 0 Å². The number of amides is 1. The van der Waals surface area contributed by atoms with Gasteiger partial charge in [0.25, 0.3) is 5.91 Å². The summed E-state index contributed by atoms with van der Waals surface area (Å²) < 4.78 is 0. The molecule has 0 saturated carbocycles. The number of nitrogens with zero attached hydrogens (tertiary/aromatic N) is 1. The van der Waals surface area contributed by atoms with Crippen LogP contribution in [-0.2, 0) is 6.42 Å². The lowest BCUT2D eigenvalue weighted by Gasteiger charge is -2.25. The Labute approximate surface area is 135 Å². The summed E-state index contributed by atoms with van der Waals surface area (Å²) in [5.41, 5.74) is 1.82. The molecule has 23 heavy (non-hydrogen) atoms. The van der Waals surface area contributed by atoms with E-state index in [0.29, 0.717) is 5.56 Å². The molecule has 0 radical (unpaired) electrons. The fraction of sp³-hybridized carbons (Fsp3) is 0.263. The van der Waals surface area contributed by atoms with Crippen LogP contribution >= 0.6 is 0 Å². The predicted octanol–water partition coefficient (Wildman–Crippen LogP) is 3.23. The van der Waals surface area contributed by atoms with Crippen molar-refractivity contribution in [3.05, 3.63) is 71.3 Å². The van der Waals surface area contributed by atoms with Gasteiger partial charge in [-0.2, -0.15) is 0 Å². The summed E-state index contributed by atoms with van der Waals surface area (Å²) in [5, 5.41) is 9.08. The lowest BCUT2D eigenvalue weighted by atomic mass is 10.0. The van der Waals surface area contributed by atoms with Gasteiger partial charge < -0.3 is 10.0 Å². The van der Waals surface area contributed by atoms with Crippen molar-refractivity contribution in [2.45, 2.75) is 25.3 Å². The molecule has 0 bridgehead atoms. The second-order valence-electron chi connectivity index (χ2n) is 5.87. The van der Waals surface area contributed by atoms with Gasteiger partial charge in [-0.05, 0) is 43.0 Å². The maximum Gasteiger partial charge on any atom is 0.335 e. The number of carboxylic acid groups (broad SMARTS) is 1. The van der Waals surface area contributed by atoms with Gasteiger partial charge in [-0.15, -0.1) is 0 Å². The Balaban J connectivity index is 1.78. The molecule has 1 unspecified atom stereocenters. The summed E-state index contributed by atoms with van der Waals surface area (Å²) in [6.07, 6.45) is 2.81. The third-order valence-corrected chi connectivity index (χ3v) is 4.31. The van der Waals surface area contributed by atoms with Crippen LogP contribution in [0.4, 0.5) is 0 Å². The van der Waals surface area contributed by atoms with Gasteiger partial charge in [0.1, 0.15) is 0 Å². The highest BCUT2D eigenvalue weighted by Crippen LogP contribution is 2.23. The summed E-state index contributed by atoms with van der Waals surface area (Å²) in [6, 6.07) is 16.6. The molecule has 1 heterocycles. The minimum atomic E-state index is -1.01. The Morgan fingerprint density at radius 3 is 2.52 bits per heavy atom. The van der Waals surface area contributed by atoms with Crippen LogP contribution in [0, 0.1) is 0 Å². The molecule has 1 aliphatic rings. The second kappa shape index (κ2) is 6.65. The van der Waals surface area contributed by atoms with E-state index in [2.05, 4.69) is 12.1 Å². The standard InChI is InChI=1S/C19H19NO3/c21-18(15-8-4-9-16(13-15)19(22)23)20-11-5-10-17(20)12-14-6-2-1-3-7-14/h1-4,6-9,13,17H,5,10-12H2,(H,22,23). The minimum Gasteiger partial charge on any atom is -0.478 e. The van der Waals surface area contributed by atoms with Crippen molar-refractivity contribution in [3.63, 3.8) is 0 Å². The van der Waals surface area contributed by atoms with E-state index in [-0.39, 0.29) is 17.5 Å². The van der Waals surface area contributed by atoms with E-state index in [9.17, 15) is 9.59 Å². The van der Waals surface area contributed by atoms with Gasteiger partial charge in [0.05, 0.1) is 5.56 Å². The smallest absolute Gasteiger partial charge is 0.335 e. The van der Waals surface area contributed by atoms with Gasteiger partial charge in [0.2, 0.25) is 0 Å². The summed E-state index contributed by atoms with van der Waals surface area (Å²) in [4.78, 5) is 25.7. The number of aromatic carboxylic acids is 1. The first-order valence-corrected chi connectivity index (χ1v) is 7.83. The molecule has 3 rings (SSSR count). The van der Waals surface area contributed by atoms with E-state index in [1.54, 1.807) is 12.1 Å². The number of benzene rings is 2. The van der Waals surface area contributed by atoms with Crippen LogP contribution in [0.25, 0.3) is 0 Å². The van der Waals surface area contributed by atoms with E-state index in [0.717, 1.165) is 25.8 Å². The van der Waals surface area contributed by atoms with Gasteiger partial charge in [-0.3, -0.25) is 4.79 Å². The van der Waals surface area contributed by atoms with Crippen LogP contribution in [0.3, 0.4) is 0 Å². The summed E-state index contributed by atoms with van der Waals surface area (Å²) >= 11 is 0.